The number of carbonyl (C=O) groups excluding carboxylic acids is 1. The van der Waals surface area contributed by atoms with Gasteiger partial charge >= 0.3 is 0 Å². The summed E-state index contributed by atoms with van der Waals surface area (Å²) in [5, 5.41) is 3.33. The van der Waals surface area contributed by atoms with Gasteiger partial charge in [-0.05, 0) is 34.1 Å². The molecule has 2 nitrogen and oxygen atoms in total. The van der Waals surface area contributed by atoms with Crippen molar-refractivity contribution in [3.63, 3.8) is 0 Å². The first-order valence-electron chi connectivity index (χ1n) is 5.59. The van der Waals surface area contributed by atoms with E-state index in [0.717, 1.165) is 11.5 Å². The Morgan fingerprint density at radius 1 is 1.50 bits per heavy atom. The zero-order valence-corrected chi connectivity index (χ0v) is 12.8. The van der Waals surface area contributed by atoms with Crippen molar-refractivity contribution in [2.24, 2.45) is 0 Å². The zero-order chi connectivity index (χ0) is 13.0. The maximum atomic E-state index is 13.3. The van der Waals surface area contributed by atoms with E-state index in [1.165, 1.54) is 11.8 Å². The fraction of sp³-hybridized carbons (Fsp3) is 0.417. The quantitative estimate of drug-likeness (QED) is 0.908. The van der Waals surface area contributed by atoms with Crippen LogP contribution in [0, 0.1) is 5.82 Å². The van der Waals surface area contributed by atoms with E-state index in [9.17, 15) is 9.18 Å². The van der Waals surface area contributed by atoms with Gasteiger partial charge in [-0.1, -0.05) is 0 Å². The molecule has 1 fully saturated rings. The van der Waals surface area contributed by atoms with E-state index in [1.807, 2.05) is 23.5 Å². The number of rotatable bonds is 3. The number of nitrogens with one attached hydrogen (secondary N) is 1. The monoisotopic (exact) mass is 349 g/mol. The lowest BCUT2D eigenvalue weighted by atomic mass is 10.2. The Morgan fingerprint density at radius 3 is 3.00 bits per heavy atom. The summed E-state index contributed by atoms with van der Waals surface area (Å²) in [6.45, 7) is 0.647. The number of thioether (sulfide) groups is 2. The van der Waals surface area contributed by atoms with Gasteiger partial charge in [-0.15, -0.1) is 0 Å². The average Bonchev–Trinajstić information content (AvgIpc) is 2.40. The first-order chi connectivity index (χ1) is 8.66. The minimum atomic E-state index is -0.412. The van der Waals surface area contributed by atoms with Crippen molar-refractivity contribution in [3.05, 3.63) is 34.1 Å². The second kappa shape index (κ2) is 6.82. The molecule has 0 spiro atoms. The van der Waals surface area contributed by atoms with Crippen LogP contribution in [0.15, 0.2) is 22.7 Å². The highest BCUT2D eigenvalue weighted by molar-refractivity contribution is 9.10. The van der Waals surface area contributed by atoms with E-state index in [4.69, 9.17) is 0 Å². The average molecular weight is 350 g/mol. The third-order valence-corrected chi connectivity index (χ3v) is 6.05. The molecule has 1 unspecified atom stereocenters. The lowest BCUT2D eigenvalue weighted by molar-refractivity contribution is 0.0954. The summed E-state index contributed by atoms with van der Waals surface area (Å²) >= 11 is 6.87. The largest absolute Gasteiger partial charge is 0.351 e. The molecule has 1 aromatic rings. The highest BCUT2D eigenvalue weighted by Crippen LogP contribution is 2.23. The zero-order valence-electron chi connectivity index (χ0n) is 9.62. The van der Waals surface area contributed by atoms with Crippen LogP contribution in [0.1, 0.15) is 10.4 Å². The highest BCUT2D eigenvalue weighted by Gasteiger charge is 2.16. The molecule has 0 bridgehead atoms. The number of benzene rings is 1. The van der Waals surface area contributed by atoms with Crippen LogP contribution in [0.25, 0.3) is 0 Å². The van der Waals surface area contributed by atoms with Crippen molar-refractivity contribution in [2.75, 3.05) is 23.8 Å². The Balaban J connectivity index is 1.88. The van der Waals surface area contributed by atoms with E-state index in [0.29, 0.717) is 21.8 Å². The van der Waals surface area contributed by atoms with Gasteiger partial charge in [0.2, 0.25) is 0 Å². The summed E-state index contributed by atoms with van der Waals surface area (Å²) in [7, 11) is 0. The molecular weight excluding hydrogens is 337 g/mol. The van der Waals surface area contributed by atoms with Crippen molar-refractivity contribution < 1.29 is 9.18 Å². The number of halogens is 2. The van der Waals surface area contributed by atoms with Gasteiger partial charge in [0, 0.05) is 34.6 Å². The van der Waals surface area contributed by atoms with Crippen LogP contribution in [0.4, 0.5) is 4.39 Å². The molecule has 18 heavy (non-hydrogen) atoms. The van der Waals surface area contributed by atoms with Gasteiger partial charge in [-0.25, -0.2) is 4.39 Å². The minimum Gasteiger partial charge on any atom is -0.351 e. The Kier molecular flexibility index (Phi) is 5.38. The molecule has 0 aromatic heterocycles. The Morgan fingerprint density at radius 2 is 2.33 bits per heavy atom. The maximum absolute atomic E-state index is 13.3. The predicted octanol–water partition coefficient (Wildman–Crippen LogP) is 3.17. The molecule has 1 amide bonds. The van der Waals surface area contributed by atoms with Crippen molar-refractivity contribution in [2.45, 2.75) is 5.25 Å². The second-order valence-electron chi connectivity index (χ2n) is 3.91. The van der Waals surface area contributed by atoms with Gasteiger partial charge < -0.3 is 5.32 Å². The topological polar surface area (TPSA) is 29.1 Å². The van der Waals surface area contributed by atoms with Gasteiger partial charge in [0.15, 0.2) is 0 Å². The summed E-state index contributed by atoms with van der Waals surface area (Å²) < 4.78 is 13.7. The predicted molar refractivity (Wildman–Crippen MR) is 80.0 cm³/mol. The van der Waals surface area contributed by atoms with Crippen LogP contribution in [-0.2, 0) is 0 Å². The number of amides is 1. The first-order valence-corrected chi connectivity index (χ1v) is 8.59. The molecule has 0 saturated carbocycles. The molecule has 2 rings (SSSR count). The second-order valence-corrected chi connectivity index (χ2v) is 7.32. The molecule has 1 aliphatic rings. The summed E-state index contributed by atoms with van der Waals surface area (Å²) in [6, 6.07) is 4.42. The maximum Gasteiger partial charge on any atom is 0.251 e. The molecule has 98 valence electrons. The van der Waals surface area contributed by atoms with Crippen molar-refractivity contribution in [1.82, 2.24) is 5.32 Å². The van der Waals surface area contributed by atoms with E-state index >= 15 is 0 Å². The molecule has 1 atom stereocenters. The third-order valence-electron chi connectivity index (χ3n) is 2.56. The summed E-state index contributed by atoms with van der Waals surface area (Å²) in [5.41, 5.74) is 0.365. The third kappa shape index (κ3) is 3.90. The smallest absolute Gasteiger partial charge is 0.251 e. The molecular formula is C12H13BrFNOS2. The molecule has 1 aromatic carbocycles. The minimum absolute atomic E-state index is 0.211. The molecule has 0 radical (unpaired) electrons. The Bertz CT molecular complexity index is 438. The van der Waals surface area contributed by atoms with E-state index in [2.05, 4.69) is 21.2 Å². The first kappa shape index (κ1) is 14.2. The summed E-state index contributed by atoms with van der Waals surface area (Å²) in [6.07, 6.45) is 0. The SMILES string of the molecule is O=C(NCC1CSCCS1)c1ccc(Br)c(F)c1. The van der Waals surface area contributed by atoms with E-state index in [1.54, 1.807) is 12.1 Å². The van der Waals surface area contributed by atoms with Gasteiger partial charge in [-0.2, -0.15) is 23.5 Å². The molecule has 0 aliphatic carbocycles. The Hall–Kier alpha value is -0.200. The normalized spacial score (nSPS) is 19.6. The fourth-order valence-electron chi connectivity index (χ4n) is 1.60. The number of hydrogen-bond acceptors (Lipinski definition) is 3. The molecule has 1 heterocycles. The van der Waals surface area contributed by atoms with E-state index in [-0.39, 0.29) is 5.91 Å². The molecule has 1 aliphatic heterocycles. The van der Waals surface area contributed by atoms with Gasteiger partial charge in [0.05, 0.1) is 4.47 Å². The van der Waals surface area contributed by atoms with Crippen LogP contribution in [-0.4, -0.2) is 35.0 Å². The van der Waals surface area contributed by atoms with Crippen LogP contribution in [0.5, 0.6) is 0 Å². The summed E-state index contributed by atoms with van der Waals surface area (Å²) in [4.78, 5) is 11.8. The van der Waals surface area contributed by atoms with Crippen molar-refractivity contribution >= 4 is 45.4 Å². The standard InChI is InChI=1S/C12H13BrFNOS2/c13-10-2-1-8(5-11(10)14)12(16)15-6-9-7-17-3-4-18-9/h1-2,5,9H,3-4,6-7H2,(H,15,16). The highest BCUT2D eigenvalue weighted by atomic mass is 79.9. The van der Waals surface area contributed by atoms with Gasteiger partial charge in [0.1, 0.15) is 5.82 Å². The van der Waals surface area contributed by atoms with Crippen LogP contribution in [0.3, 0.4) is 0 Å². The van der Waals surface area contributed by atoms with Crippen LogP contribution < -0.4 is 5.32 Å². The number of hydrogen-bond donors (Lipinski definition) is 1. The lowest BCUT2D eigenvalue weighted by Crippen LogP contribution is -2.33. The molecule has 1 saturated heterocycles. The molecule has 1 N–H and O–H groups in total. The van der Waals surface area contributed by atoms with Crippen LogP contribution in [0.2, 0.25) is 0 Å². The van der Waals surface area contributed by atoms with E-state index < -0.39 is 5.82 Å². The fourth-order valence-corrected chi connectivity index (χ4v) is 4.46. The summed E-state index contributed by atoms with van der Waals surface area (Å²) in [5.74, 6) is 2.77. The number of carbonyl (C=O) groups is 1. The molecule has 6 heteroatoms. The Labute approximate surface area is 123 Å². The van der Waals surface area contributed by atoms with Gasteiger partial charge in [0.25, 0.3) is 5.91 Å². The lowest BCUT2D eigenvalue weighted by Gasteiger charge is -2.21. The van der Waals surface area contributed by atoms with Crippen molar-refractivity contribution in [1.29, 1.82) is 0 Å². The van der Waals surface area contributed by atoms with Crippen molar-refractivity contribution in [3.8, 4) is 0 Å². The van der Waals surface area contributed by atoms with Crippen LogP contribution >= 0.6 is 39.5 Å². The van der Waals surface area contributed by atoms with Gasteiger partial charge in [-0.3, -0.25) is 4.79 Å².